The molecule has 164 valence electrons. The molecule has 31 heavy (non-hydrogen) atoms. The Morgan fingerprint density at radius 1 is 1.23 bits per heavy atom. The van der Waals surface area contributed by atoms with E-state index in [1.807, 2.05) is 0 Å². The van der Waals surface area contributed by atoms with E-state index >= 15 is 0 Å². The Hall–Kier alpha value is -3.25. The van der Waals surface area contributed by atoms with Gasteiger partial charge < -0.3 is 19.7 Å². The standard InChI is InChI=1S/C22H22F3N3O3/c1-30-13-15-11-28(17-7-6-14(10-26)20(9-17)22(23,24)25)12-19(15)21(29)27-16-4-3-5-18(8-16)31-2/h3-9,15,19H,11-13H2,1-2H3,(H,27,29)/t15-,19+/m1/s1. The maximum atomic E-state index is 13.3. The molecule has 2 atom stereocenters. The van der Waals surface area contributed by atoms with Gasteiger partial charge in [0.1, 0.15) is 5.75 Å². The van der Waals surface area contributed by atoms with Gasteiger partial charge in [0.15, 0.2) is 0 Å². The van der Waals surface area contributed by atoms with Crippen LogP contribution in [0.2, 0.25) is 0 Å². The van der Waals surface area contributed by atoms with Gasteiger partial charge in [-0.1, -0.05) is 6.07 Å². The van der Waals surface area contributed by atoms with E-state index in [-0.39, 0.29) is 25.0 Å². The topological polar surface area (TPSA) is 74.6 Å². The summed E-state index contributed by atoms with van der Waals surface area (Å²) in [6.07, 6.45) is -4.64. The Bertz CT molecular complexity index is 988. The molecule has 1 heterocycles. The molecule has 0 saturated carbocycles. The molecule has 1 saturated heterocycles. The molecule has 1 aliphatic rings. The molecule has 6 nitrogen and oxygen atoms in total. The molecule has 0 aromatic heterocycles. The fourth-order valence-electron chi connectivity index (χ4n) is 3.76. The first-order chi connectivity index (χ1) is 14.8. The summed E-state index contributed by atoms with van der Waals surface area (Å²) < 4.78 is 50.4. The number of hydrogen-bond donors (Lipinski definition) is 1. The highest BCUT2D eigenvalue weighted by Gasteiger charge is 2.39. The minimum absolute atomic E-state index is 0.208. The Morgan fingerprint density at radius 2 is 2.00 bits per heavy atom. The van der Waals surface area contributed by atoms with Crippen molar-refractivity contribution in [3.63, 3.8) is 0 Å². The van der Waals surface area contributed by atoms with E-state index in [1.165, 1.54) is 20.3 Å². The molecule has 0 radical (unpaired) electrons. The summed E-state index contributed by atoms with van der Waals surface area (Å²) in [6.45, 7) is 0.870. The van der Waals surface area contributed by atoms with Crippen LogP contribution in [0.5, 0.6) is 5.75 Å². The summed E-state index contributed by atoms with van der Waals surface area (Å²) in [5, 5.41) is 11.8. The number of carbonyl (C=O) groups is 1. The Kier molecular flexibility index (Phi) is 6.71. The largest absolute Gasteiger partial charge is 0.497 e. The molecule has 1 N–H and O–H groups in total. The van der Waals surface area contributed by atoms with Crippen LogP contribution in [0.1, 0.15) is 11.1 Å². The molecular formula is C22H22F3N3O3. The highest BCUT2D eigenvalue weighted by molar-refractivity contribution is 5.93. The van der Waals surface area contributed by atoms with Crippen LogP contribution >= 0.6 is 0 Å². The van der Waals surface area contributed by atoms with Crippen molar-refractivity contribution < 1.29 is 27.4 Å². The monoisotopic (exact) mass is 433 g/mol. The number of hydrogen-bond acceptors (Lipinski definition) is 5. The van der Waals surface area contributed by atoms with Crippen molar-refractivity contribution in [3.05, 3.63) is 53.6 Å². The fraction of sp³-hybridized carbons (Fsp3) is 0.364. The van der Waals surface area contributed by atoms with Gasteiger partial charge in [-0.3, -0.25) is 4.79 Å². The maximum absolute atomic E-state index is 13.3. The quantitative estimate of drug-likeness (QED) is 0.748. The van der Waals surface area contributed by atoms with E-state index in [2.05, 4.69) is 5.32 Å². The number of anilines is 2. The minimum Gasteiger partial charge on any atom is -0.497 e. The third-order valence-corrected chi connectivity index (χ3v) is 5.29. The van der Waals surface area contributed by atoms with Gasteiger partial charge in [-0.05, 0) is 30.3 Å². The number of halogens is 3. The molecule has 1 amide bonds. The predicted octanol–water partition coefficient (Wildman–Crippen LogP) is 3.92. The predicted molar refractivity (Wildman–Crippen MR) is 109 cm³/mol. The number of ether oxygens (including phenoxy) is 2. The van der Waals surface area contributed by atoms with Gasteiger partial charge in [0.25, 0.3) is 0 Å². The van der Waals surface area contributed by atoms with E-state index in [0.29, 0.717) is 23.7 Å². The van der Waals surface area contributed by atoms with Crippen LogP contribution in [0.25, 0.3) is 0 Å². The van der Waals surface area contributed by atoms with Crippen molar-refractivity contribution in [2.24, 2.45) is 11.8 Å². The third kappa shape index (κ3) is 5.09. The lowest BCUT2D eigenvalue weighted by atomic mass is 9.96. The zero-order valence-corrected chi connectivity index (χ0v) is 17.1. The smallest absolute Gasteiger partial charge is 0.417 e. The second-order valence-corrected chi connectivity index (χ2v) is 7.29. The SMILES string of the molecule is COC[C@H]1CN(c2ccc(C#N)c(C(F)(F)F)c2)C[C@@H]1C(=O)Nc1cccc(OC)c1. The van der Waals surface area contributed by atoms with Gasteiger partial charge in [0.2, 0.25) is 5.91 Å². The summed E-state index contributed by atoms with van der Waals surface area (Å²) in [5.74, 6) is -0.351. The molecule has 0 unspecified atom stereocenters. The van der Waals surface area contributed by atoms with Gasteiger partial charge in [-0.2, -0.15) is 18.4 Å². The lowest BCUT2D eigenvalue weighted by molar-refractivity contribution is -0.137. The molecule has 2 aromatic rings. The highest BCUT2D eigenvalue weighted by atomic mass is 19.4. The average Bonchev–Trinajstić information content (AvgIpc) is 3.17. The Morgan fingerprint density at radius 3 is 2.65 bits per heavy atom. The molecule has 0 spiro atoms. The highest BCUT2D eigenvalue weighted by Crippen LogP contribution is 2.36. The second-order valence-electron chi connectivity index (χ2n) is 7.29. The first kappa shape index (κ1) is 22.4. The van der Waals surface area contributed by atoms with E-state index in [9.17, 15) is 18.0 Å². The molecular weight excluding hydrogens is 411 g/mol. The minimum atomic E-state index is -4.64. The van der Waals surface area contributed by atoms with E-state index in [4.69, 9.17) is 14.7 Å². The van der Waals surface area contributed by atoms with Crippen LogP contribution in [0.3, 0.4) is 0 Å². The summed E-state index contributed by atoms with van der Waals surface area (Å²) in [7, 11) is 3.04. The number of carbonyl (C=O) groups excluding carboxylic acids is 1. The maximum Gasteiger partial charge on any atom is 0.417 e. The molecule has 9 heteroatoms. The molecule has 2 aromatic carbocycles. The van der Waals surface area contributed by atoms with Crippen LogP contribution in [0, 0.1) is 23.2 Å². The number of nitriles is 1. The van der Waals surface area contributed by atoms with Gasteiger partial charge in [-0.25, -0.2) is 0 Å². The lowest BCUT2D eigenvalue weighted by Crippen LogP contribution is -2.31. The third-order valence-electron chi connectivity index (χ3n) is 5.29. The number of benzene rings is 2. The van der Waals surface area contributed by atoms with E-state index in [1.54, 1.807) is 35.2 Å². The van der Waals surface area contributed by atoms with Crippen molar-refractivity contribution in [2.45, 2.75) is 6.18 Å². The lowest BCUT2D eigenvalue weighted by Gasteiger charge is -2.20. The first-order valence-corrected chi connectivity index (χ1v) is 9.57. The van der Waals surface area contributed by atoms with Crippen LogP contribution < -0.4 is 15.0 Å². The molecule has 0 aliphatic carbocycles. The normalized spacial score (nSPS) is 18.5. The summed E-state index contributed by atoms with van der Waals surface area (Å²) >= 11 is 0. The van der Waals surface area contributed by atoms with Crippen LogP contribution in [0.15, 0.2) is 42.5 Å². The van der Waals surface area contributed by atoms with Crippen LogP contribution in [-0.4, -0.2) is 39.8 Å². The number of nitrogens with zero attached hydrogens (tertiary/aromatic N) is 2. The van der Waals surface area contributed by atoms with Gasteiger partial charge >= 0.3 is 6.18 Å². The van der Waals surface area contributed by atoms with Crippen LogP contribution in [0.4, 0.5) is 24.5 Å². The second kappa shape index (κ2) is 9.27. The molecule has 1 fully saturated rings. The zero-order chi connectivity index (χ0) is 22.6. The number of rotatable bonds is 6. The van der Waals surface area contributed by atoms with E-state index < -0.39 is 23.2 Å². The van der Waals surface area contributed by atoms with Crippen molar-refractivity contribution in [1.29, 1.82) is 5.26 Å². The summed E-state index contributed by atoms with van der Waals surface area (Å²) in [5.41, 5.74) is -0.544. The first-order valence-electron chi connectivity index (χ1n) is 9.57. The fourth-order valence-corrected chi connectivity index (χ4v) is 3.76. The van der Waals surface area contributed by atoms with Gasteiger partial charge in [-0.15, -0.1) is 0 Å². The zero-order valence-electron chi connectivity index (χ0n) is 17.1. The summed E-state index contributed by atoms with van der Waals surface area (Å²) in [4.78, 5) is 14.7. The number of amides is 1. The van der Waals surface area contributed by atoms with E-state index in [0.717, 1.165) is 12.1 Å². The van der Waals surface area contributed by atoms with Crippen LogP contribution in [-0.2, 0) is 15.7 Å². The molecule has 1 aliphatic heterocycles. The van der Waals surface area contributed by atoms with Crippen molar-refractivity contribution in [3.8, 4) is 11.8 Å². The molecule has 0 bridgehead atoms. The van der Waals surface area contributed by atoms with Crippen molar-refractivity contribution in [2.75, 3.05) is 44.1 Å². The number of methoxy groups -OCH3 is 2. The Balaban J connectivity index is 1.83. The van der Waals surface area contributed by atoms with Gasteiger partial charge in [0.05, 0.1) is 36.8 Å². The van der Waals surface area contributed by atoms with Crippen molar-refractivity contribution in [1.82, 2.24) is 0 Å². The van der Waals surface area contributed by atoms with Gasteiger partial charge in [0, 0.05) is 43.6 Å². The number of nitrogens with one attached hydrogen (secondary N) is 1. The van der Waals surface area contributed by atoms with Crippen molar-refractivity contribution >= 4 is 17.3 Å². The summed E-state index contributed by atoms with van der Waals surface area (Å²) in [6, 6.07) is 12.1. The number of alkyl halides is 3. The average molecular weight is 433 g/mol. The molecule has 3 rings (SSSR count). The Labute approximate surface area is 178 Å².